The fraction of sp³-hybridized carbons (Fsp3) is 0.688. The second-order valence-corrected chi connectivity index (χ2v) is 28.7. The van der Waals surface area contributed by atoms with Gasteiger partial charge in [-0.2, -0.15) is 10.2 Å². The van der Waals surface area contributed by atoms with E-state index in [-0.39, 0.29) is 12.1 Å². The van der Waals surface area contributed by atoms with E-state index < -0.39 is 40.7 Å². The van der Waals surface area contributed by atoms with Crippen LogP contribution in [0.25, 0.3) is 22.1 Å². The fourth-order valence-corrected chi connectivity index (χ4v) is 8.43. The van der Waals surface area contributed by atoms with E-state index in [1.165, 1.54) is 12.7 Å². The molecule has 2 aliphatic carbocycles. The van der Waals surface area contributed by atoms with Gasteiger partial charge in [0.15, 0.2) is 11.3 Å². The predicted molar refractivity (Wildman–Crippen MR) is 215 cm³/mol. The molecule has 2 aliphatic rings. The smallest absolute Gasteiger partial charge is 0.166 e. The summed E-state index contributed by atoms with van der Waals surface area (Å²) in [6.07, 6.45) is 0.584. The van der Waals surface area contributed by atoms with Crippen LogP contribution in [0.3, 0.4) is 0 Å². The monoisotopic (exact) mass is 926 g/mol. The minimum absolute atomic E-state index is 0.307. The first-order chi connectivity index (χ1) is 24.9. The van der Waals surface area contributed by atoms with Crippen LogP contribution in [0.1, 0.15) is 25.7 Å². The molecule has 0 amide bonds. The van der Waals surface area contributed by atoms with Gasteiger partial charge in [-0.25, -0.2) is 38.1 Å². The average molecular weight is 929 g/mol. The lowest BCUT2D eigenvalue weighted by molar-refractivity contribution is 0.0809. The average Bonchev–Trinajstić information content (AvgIpc) is 3.79. The van der Waals surface area contributed by atoms with Crippen LogP contribution in [-0.2, 0) is 22.9 Å². The van der Waals surface area contributed by atoms with Crippen molar-refractivity contribution in [1.29, 1.82) is 0 Å². The van der Waals surface area contributed by atoms with Gasteiger partial charge >= 0.3 is 0 Å². The molecule has 0 aliphatic heterocycles. The molecule has 0 bridgehead atoms. The van der Waals surface area contributed by atoms with Crippen LogP contribution in [0.15, 0.2) is 21.9 Å². The number of hydrogen-bond donors (Lipinski definition) is 4. The highest BCUT2D eigenvalue weighted by molar-refractivity contribution is 9.10. The first-order valence-corrected chi connectivity index (χ1v) is 27.0. The molecule has 4 aromatic rings. The Morgan fingerprint density at radius 3 is 1.74 bits per heavy atom. The molecule has 53 heavy (non-hydrogen) atoms. The van der Waals surface area contributed by atoms with Gasteiger partial charge < -0.3 is 30.7 Å². The third-order valence-corrected chi connectivity index (χ3v) is 13.6. The maximum absolute atomic E-state index is 13.6. The quantitative estimate of drug-likeness (QED) is 0.0685. The Balaban J connectivity index is 0.000000202. The number of nitrogens with one attached hydrogen (secondary N) is 1. The van der Waals surface area contributed by atoms with Gasteiger partial charge in [0.1, 0.15) is 70.8 Å². The standard InChI is InChI=1S/C16H25BrFN5O2Si.C11H16BrClN4OSi.C5H10FNO/c1-26(2,3)7-6-25-9-23-16-12(14(17)22-23)15(19-8-20-16)21-11-5-4-10(18)13(11)24;1-19(2,3)5-4-18-7-17-11-8(9(12)16-17)10(13)14-6-15-11;6-3-1-2-4(7)5(3)8/h8,10-11,13,24H,4-7,9H2,1-3H3,(H,19,20,21);6H,4-5,7H2,1-3H3;3-5,8H,1-2,7H2/t10-,11?,13+;;3-,4+,5+/m0.0/s1. The second kappa shape index (κ2) is 19.4. The number of halogens is 5. The summed E-state index contributed by atoms with van der Waals surface area (Å²) in [5.41, 5.74) is 6.59. The van der Waals surface area contributed by atoms with Crippen LogP contribution < -0.4 is 11.1 Å². The zero-order chi connectivity index (χ0) is 39.1. The number of nitrogens with two attached hydrogens (primary N) is 1. The summed E-state index contributed by atoms with van der Waals surface area (Å²) in [6.45, 7) is 16.0. The molecule has 21 heteroatoms. The molecular formula is C32H51Br2ClF2N10O4Si2. The highest BCUT2D eigenvalue weighted by atomic mass is 79.9. The molecule has 6 atom stereocenters. The van der Waals surface area contributed by atoms with Crippen molar-refractivity contribution in [2.45, 2.75) is 127 Å². The molecule has 4 aromatic heterocycles. The van der Waals surface area contributed by atoms with Crippen LogP contribution in [0, 0.1) is 0 Å². The predicted octanol–water partition coefficient (Wildman–Crippen LogP) is 6.54. The van der Waals surface area contributed by atoms with E-state index in [2.05, 4.69) is 107 Å². The Bertz CT molecular complexity index is 1770. The summed E-state index contributed by atoms with van der Waals surface area (Å²) in [5.74, 6) is 0.536. The van der Waals surface area contributed by atoms with Crippen molar-refractivity contribution in [1.82, 2.24) is 39.5 Å². The number of aliphatic hydroxyl groups is 2. The molecule has 296 valence electrons. The highest BCUT2D eigenvalue weighted by Gasteiger charge is 2.35. The number of aliphatic hydroxyl groups excluding tert-OH is 2. The lowest BCUT2D eigenvalue weighted by atomic mass is 10.2. The Labute approximate surface area is 332 Å². The van der Waals surface area contributed by atoms with Crippen LogP contribution in [-0.4, -0.2) is 116 Å². The molecule has 2 fully saturated rings. The van der Waals surface area contributed by atoms with Crippen molar-refractivity contribution >= 4 is 87.5 Å². The second-order valence-electron chi connectivity index (χ2n) is 15.6. The van der Waals surface area contributed by atoms with E-state index in [9.17, 15) is 13.9 Å². The molecule has 0 aromatic carbocycles. The Hall–Kier alpha value is -1.76. The molecular weight excluding hydrogens is 878 g/mol. The van der Waals surface area contributed by atoms with E-state index in [1.807, 2.05) is 0 Å². The normalized spacial score (nSPS) is 23.2. The first-order valence-electron chi connectivity index (χ1n) is 17.6. The van der Waals surface area contributed by atoms with Crippen LogP contribution >= 0.6 is 43.5 Å². The number of ether oxygens (including phenoxy) is 2. The van der Waals surface area contributed by atoms with Gasteiger partial charge in [-0.05, 0) is 69.6 Å². The maximum Gasteiger partial charge on any atom is 0.166 e. The van der Waals surface area contributed by atoms with Gasteiger partial charge in [0.25, 0.3) is 0 Å². The van der Waals surface area contributed by atoms with Crippen LogP contribution in [0.5, 0.6) is 0 Å². The lowest BCUT2D eigenvalue weighted by Gasteiger charge is -2.18. The molecule has 4 heterocycles. The molecule has 0 radical (unpaired) electrons. The van der Waals surface area contributed by atoms with Gasteiger partial charge in [0.05, 0.1) is 16.8 Å². The number of nitrogens with zero attached hydrogens (tertiary/aromatic N) is 8. The van der Waals surface area contributed by atoms with Crippen molar-refractivity contribution in [3.63, 3.8) is 0 Å². The molecule has 5 N–H and O–H groups in total. The summed E-state index contributed by atoms with van der Waals surface area (Å²) >= 11 is 12.8. The zero-order valence-electron chi connectivity index (χ0n) is 30.9. The Kier molecular flexibility index (Phi) is 16.1. The Morgan fingerprint density at radius 2 is 1.28 bits per heavy atom. The van der Waals surface area contributed by atoms with Crippen LogP contribution in [0.2, 0.25) is 56.5 Å². The number of fused-ring (bicyclic) bond motifs is 2. The van der Waals surface area contributed by atoms with E-state index in [1.54, 1.807) is 9.36 Å². The number of anilines is 1. The van der Waals surface area contributed by atoms with E-state index in [0.29, 0.717) is 82.6 Å². The van der Waals surface area contributed by atoms with Gasteiger partial charge in [-0.1, -0.05) is 50.9 Å². The van der Waals surface area contributed by atoms with E-state index >= 15 is 0 Å². The number of aromatic nitrogens is 8. The van der Waals surface area contributed by atoms with Crippen molar-refractivity contribution in [3.05, 3.63) is 27.0 Å². The minimum Gasteiger partial charge on any atom is -0.388 e. The molecule has 1 unspecified atom stereocenters. The largest absolute Gasteiger partial charge is 0.388 e. The summed E-state index contributed by atoms with van der Waals surface area (Å²) < 4.78 is 41.8. The van der Waals surface area contributed by atoms with Crippen molar-refractivity contribution in [3.8, 4) is 0 Å². The lowest BCUT2D eigenvalue weighted by Crippen LogP contribution is -2.33. The first kappa shape index (κ1) is 44.0. The molecule has 6 rings (SSSR count). The number of hydrogen-bond acceptors (Lipinski definition) is 12. The van der Waals surface area contributed by atoms with E-state index in [4.69, 9.17) is 31.9 Å². The van der Waals surface area contributed by atoms with Crippen molar-refractivity contribution < 1.29 is 28.5 Å². The Morgan fingerprint density at radius 1 is 0.792 bits per heavy atom. The van der Waals surface area contributed by atoms with Crippen LogP contribution in [0.4, 0.5) is 14.6 Å². The number of rotatable bonds is 12. The molecule has 0 spiro atoms. The topological polar surface area (TPSA) is 184 Å². The van der Waals surface area contributed by atoms with Gasteiger partial charge in [-0.15, -0.1) is 0 Å². The third-order valence-electron chi connectivity index (χ3n) is 8.79. The summed E-state index contributed by atoms with van der Waals surface area (Å²) in [7, 11) is -2.20. The summed E-state index contributed by atoms with van der Waals surface area (Å²) in [5, 5.41) is 32.4. The van der Waals surface area contributed by atoms with E-state index in [0.717, 1.165) is 24.1 Å². The number of alkyl halides is 2. The van der Waals surface area contributed by atoms with Crippen molar-refractivity contribution in [2.75, 3.05) is 18.5 Å². The SMILES string of the molecule is C[Si](C)(C)CCOCn1nc(Br)c2c(Cl)ncnc21.C[Si](C)(C)CCOCn1nc(Br)c2c(NC3CC[C@H](F)[C@H]3O)ncnc21.N[C@@H]1CC[C@H](F)[C@H]1O. The zero-order valence-corrected chi connectivity index (χ0v) is 36.9. The summed E-state index contributed by atoms with van der Waals surface area (Å²) in [6, 6.07) is 1.51. The molecule has 14 nitrogen and oxygen atoms in total. The molecule has 2 saturated carbocycles. The summed E-state index contributed by atoms with van der Waals surface area (Å²) in [4.78, 5) is 16.7. The van der Waals surface area contributed by atoms with Gasteiger partial charge in [-0.3, -0.25) is 0 Å². The van der Waals surface area contributed by atoms with Gasteiger partial charge in [0.2, 0.25) is 0 Å². The van der Waals surface area contributed by atoms with Crippen molar-refractivity contribution in [2.24, 2.45) is 5.73 Å². The maximum atomic E-state index is 13.6. The third kappa shape index (κ3) is 12.6. The fourth-order valence-electron chi connectivity index (χ4n) is 5.47. The molecule has 0 saturated heterocycles. The highest BCUT2D eigenvalue weighted by Crippen LogP contribution is 2.32. The van der Waals surface area contributed by atoms with Gasteiger partial charge in [0, 0.05) is 35.4 Å². The minimum atomic E-state index is -1.20.